The first-order chi connectivity index (χ1) is 14.4. The van der Waals surface area contributed by atoms with Gasteiger partial charge in [0.2, 0.25) is 0 Å². The number of nitrogens with one attached hydrogen (secondary N) is 2. The van der Waals surface area contributed by atoms with Crippen LogP contribution in [0.4, 0.5) is 5.82 Å². The van der Waals surface area contributed by atoms with Gasteiger partial charge in [0.1, 0.15) is 17.3 Å². The first-order valence-corrected chi connectivity index (χ1v) is 11.2. The van der Waals surface area contributed by atoms with E-state index in [0.29, 0.717) is 35.3 Å². The van der Waals surface area contributed by atoms with Gasteiger partial charge in [-0.15, -0.1) is 0 Å². The van der Waals surface area contributed by atoms with E-state index in [-0.39, 0.29) is 0 Å². The zero-order valence-corrected chi connectivity index (χ0v) is 18.0. The molecule has 4 rings (SSSR count). The van der Waals surface area contributed by atoms with Crippen LogP contribution in [0.2, 0.25) is 5.02 Å². The van der Waals surface area contributed by atoms with Crippen molar-refractivity contribution in [2.24, 2.45) is 28.1 Å². The van der Waals surface area contributed by atoms with Crippen LogP contribution >= 0.6 is 11.6 Å². The van der Waals surface area contributed by atoms with Gasteiger partial charge in [0, 0.05) is 37.1 Å². The first kappa shape index (κ1) is 21.4. The average Bonchev–Trinajstić information content (AvgIpc) is 2.74. The number of nitrogens with two attached hydrogens (primary N) is 3. The van der Waals surface area contributed by atoms with E-state index in [1.165, 1.54) is 0 Å². The highest BCUT2D eigenvalue weighted by Crippen LogP contribution is 2.31. The predicted molar refractivity (Wildman–Crippen MR) is 121 cm³/mol. The van der Waals surface area contributed by atoms with Crippen LogP contribution in [0.1, 0.15) is 50.5 Å². The summed E-state index contributed by atoms with van der Waals surface area (Å²) in [7, 11) is 0. The topological polar surface area (TPSA) is 137 Å². The lowest BCUT2D eigenvalue weighted by atomic mass is 9.87. The van der Waals surface area contributed by atoms with Gasteiger partial charge in [0.25, 0.3) is 0 Å². The van der Waals surface area contributed by atoms with Crippen LogP contribution in [0.3, 0.4) is 0 Å². The van der Waals surface area contributed by atoms with E-state index in [1.807, 2.05) is 6.07 Å². The standard InChI is InChI=1S/C21H32ClN7O/c22-17-11-26-19(28-15-3-1-14(23)2-4-15)9-16(17)18-12-27-20(24)21(25,29-18)10-13-5-7-30-8-6-13/h9,11-15,29H,1-8,10,23,25H2,(H2,24,27)(H,26,28). The number of aromatic nitrogens is 1. The minimum atomic E-state index is -0.911. The monoisotopic (exact) mass is 433 g/mol. The highest BCUT2D eigenvalue weighted by Gasteiger charge is 2.36. The Morgan fingerprint density at radius 1 is 1.20 bits per heavy atom. The van der Waals surface area contributed by atoms with E-state index < -0.39 is 5.66 Å². The van der Waals surface area contributed by atoms with E-state index in [4.69, 9.17) is 33.5 Å². The van der Waals surface area contributed by atoms with Crippen molar-refractivity contribution >= 4 is 29.0 Å². The van der Waals surface area contributed by atoms with Crippen LogP contribution in [-0.4, -0.2) is 41.8 Å². The molecule has 0 bridgehead atoms. The number of halogens is 1. The van der Waals surface area contributed by atoms with E-state index in [9.17, 15) is 0 Å². The minimum Gasteiger partial charge on any atom is -0.384 e. The fraction of sp³-hybridized carbons (Fsp3) is 0.619. The molecule has 1 saturated carbocycles. The summed E-state index contributed by atoms with van der Waals surface area (Å²) in [5, 5.41) is 7.46. The van der Waals surface area contributed by atoms with Crippen LogP contribution in [0, 0.1) is 5.92 Å². The normalized spacial score (nSPS) is 30.2. The summed E-state index contributed by atoms with van der Waals surface area (Å²) in [6.45, 7) is 1.52. The third-order valence-electron chi connectivity index (χ3n) is 6.37. The Hall–Kier alpha value is -1.87. The molecule has 0 spiro atoms. The lowest BCUT2D eigenvalue weighted by Gasteiger charge is -2.38. The molecule has 1 aromatic rings. The fourth-order valence-electron chi connectivity index (χ4n) is 4.48. The molecule has 2 aliphatic heterocycles. The maximum atomic E-state index is 6.68. The molecule has 0 radical (unpaired) electrons. The number of pyridine rings is 1. The minimum absolute atomic E-state index is 0.310. The van der Waals surface area contributed by atoms with E-state index in [0.717, 1.165) is 68.8 Å². The first-order valence-electron chi connectivity index (χ1n) is 10.8. The van der Waals surface area contributed by atoms with Gasteiger partial charge in [-0.05, 0) is 56.9 Å². The maximum Gasteiger partial charge on any atom is 0.145 e. The number of ether oxygens (including phenoxy) is 1. The number of hydrogen-bond donors (Lipinski definition) is 5. The SMILES string of the molecule is NC1=NC=C(c2cc(NC3CCC(N)CC3)ncc2Cl)NC1(N)CC1CCOCC1. The molecule has 1 aromatic heterocycles. The summed E-state index contributed by atoms with van der Waals surface area (Å²) in [6.07, 6.45) is 10.1. The van der Waals surface area contributed by atoms with Crippen molar-refractivity contribution in [1.29, 1.82) is 0 Å². The molecule has 8 N–H and O–H groups in total. The van der Waals surface area contributed by atoms with E-state index in [2.05, 4.69) is 20.6 Å². The second kappa shape index (κ2) is 9.09. The number of amidine groups is 1. The van der Waals surface area contributed by atoms with Crippen molar-refractivity contribution in [3.05, 3.63) is 29.0 Å². The fourth-order valence-corrected chi connectivity index (χ4v) is 4.69. The second-order valence-electron chi connectivity index (χ2n) is 8.72. The van der Waals surface area contributed by atoms with Crippen molar-refractivity contribution in [1.82, 2.24) is 10.3 Å². The number of rotatable bonds is 5. The Kier molecular flexibility index (Phi) is 6.48. The van der Waals surface area contributed by atoms with Gasteiger partial charge in [-0.3, -0.25) is 0 Å². The molecule has 0 aromatic carbocycles. The number of anilines is 1. The molecule has 2 fully saturated rings. The Bertz CT molecular complexity index is 816. The van der Waals surface area contributed by atoms with Gasteiger partial charge in [-0.1, -0.05) is 11.6 Å². The predicted octanol–water partition coefficient (Wildman–Crippen LogP) is 2.15. The van der Waals surface area contributed by atoms with E-state index >= 15 is 0 Å². The lowest BCUT2D eigenvalue weighted by molar-refractivity contribution is 0.0588. The van der Waals surface area contributed by atoms with Crippen LogP contribution in [0.15, 0.2) is 23.5 Å². The Labute approximate surface area is 182 Å². The highest BCUT2D eigenvalue weighted by atomic mass is 35.5. The number of hydrogen-bond acceptors (Lipinski definition) is 8. The van der Waals surface area contributed by atoms with Gasteiger partial charge < -0.3 is 32.6 Å². The molecule has 3 heterocycles. The van der Waals surface area contributed by atoms with Crippen molar-refractivity contribution in [2.45, 2.75) is 62.7 Å². The molecular weight excluding hydrogens is 402 g/mol. The largest absolute Gasteiger partial charge is 0.384 e. The average molecular weight is 434 g/mol. The summed E-state index contributed by atoms with van der Waals surface area (Å²) in [6, 6.07) is 2.63. The molecule has 3 aliphatic rings. The van der Waals surface area contributed by atoms with Crippen LogP contribution in [0.5, 0.6) is 0 Å². The maximum absolute atomic E-state index is 6.68. The zero-order valence-electron chi connectivity index (χ0n) is 17.2. The summed E-state index contributed by atoms with van der Waals surface area (Å²) < 4.78 is 5.46. The van der Waals surface area contributed by atoms with Gasteiger partial charge in [0.15, 0.2) is 0 Å². The molecule has 1 unspecified atom stereocenters. The van der Waals surface area contributed by atoms with Crippen LogP contribution in [0.25, 0.3) is 5.70 Å². The Morgan fingerprint density at radius 3 is 2.67 bits per heavy atom. The van der Waals surface area contributed by atoms with Gasteiger partial charge in [0.05, 0.1) is 16.9 Å². The third-order valence-corrected chi connectivity index (χ3v) is 6.67. The van der Waals surface area contributed by atoms with Crippen molar-refractivity contribution in [3.8, 4) is 0 Å². The molecule has 164 valence electrons. The Morgan fingerprint density at radius 2 is 1.93 bits per heavy atom. The molecule has 1 aliphatic carbocycles. The summed E-state index contributed by atoms with van der Waals surface area (Å²) in [5.74, 6) is 1.61. The molecule has 1 saturated heterocycles. The quantitative estimate of drug-likeness (QED) is 0.479. The third kappa shape index (κ3) is 4.88. The van der Waals surface area contributed by atoms with Crippen molar-refractivity contribution in [2.75, 3.05) is 18.5 Å². The summed E-state index contributed by atoms with van der Waals surface area (Å²) in [4.78, 5) is 8.86. The van der Waals surface area contributed by atoms with Gasteiger partial charge >= 0.3 is 0 Å². The van der Waals surface area contributed by atoms with Crippen LogP contribution in [-0.2, 0) is 4.74 Å². The van der Waals surface area contributed by atoms with Gasteiger partial charge in [-0.25, -0.2) is 9.98 Å². The zero-order chi connectivity index (χ0) is 21.1. The molecule has 8 nitrogen and oxygen atoms in total. The summed E-state index contributed by atoms with van der Waals surface area (Å²) in [5.41, 5.74) is 19.5. The lowest BCUT2D eigenvalue weighted by Crippen LogP contribution is -2.63. The van der Waals surface area contributed by atoms with Crippen molar-refractivity contribution < 1.29 is 4.74 Å². The number of nitrogens with zero attached hydrogens (tertiary/aromatic N) is 2. The Balaban J connectivity index is 1.49. The molecule has 30 heavy (non-hydrogen) atoms. The number of aliphatic imine (C=N–C) groups is 1. The van der Waals surface area contributed by atoms with Gasteiger partial charge in [-0.2, -0.15) is 0 Å². The van der Waals surface area contributed by atoms with Crippen LogP contribution < -0.4 is 27.8 Å². The highest BCUT2D eigenvalue weighted by molar-refractivity contribution is 6.32. The van der Waals surface area contributed by atoms with Crippen molar-refractivity contribution in [3.63, 3.8) is 0 Å². The smallest absolute Gasteiger partial charge is 0.145 e. The summed E-state index contributed by atoms with van der Waals surface area (Å²) >= 11 is 6.49. The molecule has 9 heteroatoms. The molecule has 0 amide bonds. The molecule has 1 atom stereocenters. The second-order valence-corrected chi connectivity index (χ2v) is 9.13. The van der Waals surface area contributed by atoms with E-state index in [1.54, 1.807) is 12.4 Å². The molecular formula is C21H32ClN7O.